The number of benzene rings is 1. The zero-order valence-corrected chi connectivity index (χ0v) is 17.3. The smallest absolute Gasteiger partial charge is 0.251 e. The molecule has 1 unspecified atom stereocenters. The van der Waals surface area contributed by atoms with Gasteiger partial charge in [-0.05, 0) is 69.3 Å². The molecule has 29 heavy (non-hydrogen) atoms. The lowest BCUT2D eigenvalue weighted by molar-refractivity contribution is -0.123. The molecule has 2 saturated heterocycles. The third-order valence-corrected chi connectivity index (χ3v) is 7.02. The van der Waals surface area contributed by atoms with E-state index in [1.54, 1.807) is 0 Å². The van der Waals surface area contributed by atoms with E-state index in [1.165, 1.54) is 18.5 Å². The van der Waals surface area contributed by atoms with Gasteiger partial charge >= 0.3 is 0 Å². The van der Waals surface area contributed by atoms with Gasteiger partial charge in [-0.15, -0.1) is 0 Å². The van der Waals surface area contributed by atoms with E-state index in [9.17, 15) is 9.59 Å². The molecular formula is C23H34N4O2. The van der Waals surface area contributed by atoms with E-state index >= 15 is 0 Å². The Kier molecular flexibility index (Phi) is 6.38. The van der Waals surface area contributed by atoms with Crippen molar-refractivity contribution in [1.29, 1.82) is 0 Å². The first kappa shape index (κ1) is 20.2. The van der Waals surface area contributed by atoms with Crippen molar-refractivity contribution >= 4 is 17.5 Å². The average molecular weight is 399 g/mol. The maximum atomic E-state index is 12.4. The fraction of sp³-hybridized carbons (Fsp3) is 0.652. The highest BCUT2D eigenvalue weighted by molar-refractivity contribution is 5.94. The highest BCUT2D eigenvalue weighted by atomic mass is 16.2. The minimum absolute atomic E-state index is 0.0182. The minimum atomic E-state index is -0.149. The second-order valence-corrected chi connectivity index (χ2v) is 8.96. The molecular weight excluding hydrogens is 364 g/mol. The number of primary amides is 1. The molecule has 0 bridgehead atoms. The summed E-state index contributed by atoms with van der Waals surface area (Å²) < 4.78 is 0. The number of anilines is 1. The molecule has 2 heterocycles. The summed E-state index contributed by atoms with van der Waals surface area (Å²) in [6.07, 6.45) is 8.88. The Balaban J connectivity index is 1.28. The Bertz CT molecular complexity index is 706. The number of carbonyl (C=O) groups is 2. The topological polar surface area (TPSA) is 78.7 Å². The zero-order chi connectivity index (χ0) is 20.2. The van der Waals surface area contributed by atoms with Gasteiger partial charge in [-0.2, -0.15) is 0 Å². The van der Waals surface area contributed by atoms with E-state index in [-0.39, 0.29) is 17.7 Å². The SMILES string of the molecule is NC(=O)C1CCCN(C2CCN(c3ccc(C(=O)NC4CCCC4)cc3)CC2)C1. The van der Waals surface area contributed by atoms with E-state index in [0.29, 0.717) is 12.1 Å². The maximum absolute atomic E-state index is 12.4. The Morgan fingerprint density at radius 2 is 1.59 bits per heavy atom. The van der Waals surface area contributed by atoms with Gasteiger partial charge in [0, 0.05) is 43.0 Å². The maximum Gasteiger partial charge on any atom is 0.251 e. The molecule has 1 aliphatic carbocycles. The minimum Gasteiger partial charge on any atom is -0.371 e. The number of likely N-dealkylation sites (tertiary alicyclic amines) is 1. The van der Waals surface area contributed by atoms with Crippen molar-refractivity contribution in [1.82, 2.24) is 10.2 Å². The highest BCUT2D eigenvalue weighted by Gasteiger charge is 2.30. The van der Waals surface area contributed by atoms with Crippen LogP contribution in [0.1, 0.15) is 61.7 Å². The summed E-state index contributed by atoms with van der Waals surface area (Å²) in [6.45, 7) is 3.93. The van der Waals surface area contributed by atoms with Crippen LogP contribution >= 0.6 is 0 Å². The standard InChI is InChI=1S/C23H34N4O2/c24-22(28)18-4-3-13-27(16-18)21-11-14-26(15-12-21)20-9-7-17(8-10-20)23(29)25-19-5-1-2-6-19/h7-10,18-19,21H,1-6,11-16H2,(H2,24,28)(H,25,29). The summed E-state index contributed by atoms with van der Waals surface area (Å²) in [6, 6.07) is 8.96. The Morgan fingerprint density at radius 1 is 0.897 bits per heavy atom. The molecule has 6 heteroatoms. The Morgan fingerprint density at radius 3 is 2.24 bits per heavy atom. The van der Waals surface area contributed by atoms with Gasteiger partial charge in [0.05, 0.1) is 5.92 Å². The van der Waals surface area contributed by atoms with Gasteiger partial charge in [-0.3, -0.25) is 14.5 Å². The lowest BCUT2D eigenvalue weighted by atomic mass is 9.93. The highest BCUT2D eigenvalue weighted by Crippen LogP contribution is 2.27. The van der Waals surface area contributed by atoms with Crippen LogP contribution in [0.25, 0.3) is 0 Å². The van der Waals surface area contributed by atoms with E-state index in [2.05, 4.69) is 27.2 Å². The first-order valence-electron chi connectivity index (χ1n) is 11.3. The van der Waals surface area contributed by atoms with Gasteiger partial charge in [0.15, 0.2) is 0 Å². The van der Waals surface area contributed by atoms with Crippen LogP contribution in [0.2, 0.25) is 0 Å². The molecule has 6 nitrogen and oxygen atoms in total. The molecule has 3 fully saturated rings. The largest absolute Gasteiger partial charge is 0.371 e. The molecule has 2 amide bonds. The second-order valence-electron chi connectivity index (χ2n) is 8.96. The van der Waals surface area contributed by atoms with Gasteiger partial charge in [0.1, 0.15) is 0 Å². The fourth-order valence-electron chi connectivity index (χ4n) is 5.22. The van der Waals surface area contributed by atoms with E-state index < -0.39 is 0 Å². The number of piperidine rings is 2. The number of nitrogens with two attached hydrogens (primary N) is 1. The predicted octanol–water partition coefficient (Wildman–Crippen LogP) is 2.53. The molecule has 0 spiro atoms. The van der Waals surface area contributed by atoms with Crippen LogP contribution in [0, 0.1) is 5.92 Å². The molecule has 3 N–H and O–H groups in total. The molecule has 2 aliphatic heterocycles. The van der Waals surface area contributed by atoms with Crippen molar-refractivity contribution in [2.45, 2.75) is 63.5 Å². The Hall–Kier alpha value is -2.08. The van der Waals surface area contributed by atoms with Crippen LogP contribution in [-0.2, 0) is 4.79 Å². The lowest BCUT2D eigenvalue weighted by Gasteiger charge is -2.42. The van der Waals surface area contributed by atoms with Crippen molar-refractivity contribution in [3.05, 3.63) is 29.8 Å². The van der Waals surface area contributed by atoms with Crippen molar-refractivity contribution in [3.63, 3.8) is 0 Å². The number of rotatable bonds is 5. The monoisotopic (exact) mass is 398 g/mol. The van der Waals surface area contributed by atoms with Gasteiger partial charge in [-0.25, -0.2) is 0 Å². The molecule has 1 saturated carbocycles. The van der Waals surface area contributed by atoms with E-state index in [0.717, 1.165) is 70.3 Å². The summed E-state index contributed by atoms with van der Waals surface area (Å²) in [5.41, 5.74) is 7.47. The average Bonchev–Trinajstić information content (AvgIpc) is 3.27. The quantitative estimate of drug-likeness (QED) is 0.799. The van der Waals surface area contributed by atoms with Gasteiger partial charge in [-0.1, -0.05) is 12.8 Å². The molecule has 1 aromatic rings. The van der Waals surface area contributed by atoms with Crippen LogP contribution in [0.5, 0.6) is 0 Å². The van der Waals surface area contributed by atoms with E-state index in [1.807, 2.05) is 12.1 Å². The molecule has 1 atom stereocenters. The van der Waals surface area contributed by atoms with Gasteiger partial charge < -0.3 is 16.0 Å². The van der Waals surface area contributed by atoms with Crippen LogP contribution in [0.4, 0.5) is 5.69 Å². The summed E-state index contributed by atoms with van der Waals surface area (Å²) in [5, 5.41) is 3.16. The first-order valence-corrected chi connectivity index (χ1v) is 11.3. The van der Waals surface area contributed by atoms with Crippen molar-refractivity contribution in [3.8, 4) is 0 Å². The van der Waals surface area contributed by atoms with Gasteiger partial charge in [0.25, 0.3) is 5.91 Å². The second kappa shape index (κ2) is 9.16. The summed E-state index contributed by atoms with van der Waals surface area (Å²) in [4.78, 5) is 28.9. The number of hydrogen-bond acceptors (Lipinski definition) is 4. The van der Waals surface area contributed by atoms with Crippen molar-refractivity contribution < 1.29 is 9.59 Å². The predicted molar refractivity (Wildman–Crippen MR) is 115 cm³/mol. The Labute approximate surface area is 173 Å². The van der Waals surface area contributed by atoms with E-state index in [4.69, 9.17) is 5.73 Å². The van der Waals surface area contributed by atoms with Crippen molar-refractivity contribution in [2.75, 3.05) is 31.1 Å². The molecule has 4 rings (SSSR count). The zero-order valence-electron chi connectivity index (χ0n) is 17.3. The normalized spacial score (nSPS) is 24.6. The lowest BCUT2D eigenvalue weighted by Crippen LogP contribution is -2.50. The summed E-state index contributed by atoms with van der Waals surface area (Å²) in [5.74, 6) is -0.0786. The van der Waals surface area contributed by atoms with Crippen molar-refractivity contribution in [2.24, 2.45) is 11.7 Å². The number of hydrogen-bond donors (Lipinski definition) is 2. The third kappa shape index (κ3) is 4.92. The summed E-state index contributed by atoms with van der Waals surface area (Å²) in [7, 11) is 0. The molecule has 0 radical (unpaired) electrons. The number of amides is 2. The summed E-state index contributed by atoms with van der Waals surface area (Å²) >= 11 is 0. The number of nitrogens with zero attached hydrogens (tertiary/aromatic N) is 2. The third-order valence-electron chi connectivity index (χ3n) is 7.02. The molecule has 158 valence electrons. The molecule has 1 aromatic carbocycles. The molecule has 3 aliphatic rings. The van der Waals surface area contributed by atoms with Crippen LogP contribution < -0.4 is 16.0 Å². The van der Waals surface area contributed by atoms with Crippen LogP contribution in [-0.4, -0.2) is 55.0 Å². The number of nitrogens with one attached hydrogen (secondary N) is 1. The van der Waals surface area contributed by atoms with Crippen LogP contribution in [0.15, 0.2) is 24.3 Å². The van der Waals surface area contributed by atoms with Crippen LogP contribution in [0.3, 0.4) is 0 Å². The number of carbonyl (C=O) groups excluding carboxylic acids is 2. The first-order chi connectivity index (χ1) is 14.1. The van der Waals surface area contributed by atoms with Gasteiger partial charge in [0.2, 0.25) is 5.91 Å². The fourth-order valence-corrected chi connectivity index (χ4v) is 5.22. The molecule has 0 aromatic heterocycles.